The smallest absolute Gasteiger partial charge is 0.256 e. The standard InChI is InChI=1S/C25H30N4O2/c1-16(2)15-29-19(5)22(18(4)28-29)14-24(30)27-23-13-9-12-21(17(23)3)25(31)26-20-10-7-6-8-11-20/h6-13,16H,14-15H2,1-5H3,(H,26,31)(H,27,30). The number of carbonyl (C=O) groups is 2. The van der Waals surface area contributed by atoms with E-state index >= 15 is 0 Å². The number of aromatic nitrogens is 2. The van der Waals surface area contributed by atoms with Crippen LogP contribution in [0.15, 0.2) is 48.5 Å². The normalized spacial score (nSPS) is 10.9. The fraction of sp³-hybridized carbons (Fsp3) is 0.320. The SMILES string of the molecule is Cc1nn(CC(C)C)c(C)c1CC(=O)Nc1cccc(C(=O)Nc2ccccc2)c1C. The highest BCUT2D eigenvalue weighted by Crippen LogP contribution is 2.22. The van der Waals surface area contributed by atoms with E-state index in [1.165, 1.54) is 0 Å². The number of aryl methyl sites for hydroxylation is 1. The molecule has 31 heavy (non-hydrogen) atoms. The van der Waals surface area contributed by atoms with Crippen molar-refractivity contribution in [2.75, 3.05) is 10.6 Å². The van der Waals surface area contributed by atoms with Crippen molar-refractivity contribution < 1.29 is 9.59 Å². The number of nitrogens with zero attached hydrogens (tertiary/aromatic N) is 2. The van der Waals surface area contributed by atoms with Gasteiger partial charge in [-0.1, -0.05) is 38.1 Å². The minimum absolute atomic E-state index is 0.126. The van der Waals surface area contributed by atoms with E-state index in [2.05, 4.69) is 29.6 Å². The molecule has 0 bridgehead atoms. The van der Waals surface area contributed by atoms with Gasteiger partial charge < -0.3 is 10.6 Å². The van der Waals surface area contributed by atoms with Crippen molar-refractivity contribution in [1.82, 2.24) is 9.78 Å². The predicted octanol–water partition coefficient (Wildman–Crippen LogP) is 4.90. The van der Waals surface area contributed by atoms with Crippen molar-refractivity contribution in [2.45, 2.75) is 47.6 Å². The summed E-state index contributed by atoms with van der Waals surface area (Å²) >= 11 is 0. The molecule has 3 rings (SSSR count). The van der Waals surface area contributed by atoms with Crippen LogP contribution < -0.4 is 10.6 Å². The summed E-state index contributed by atoms with van der Waals surface area (Å²) in [5.74, 6) is 0.146. The van der Waals surface area contributed by atoms with Gasteiger partial charge in [-0.15, -0.1) is 0 Å². The van der Waals surface area contributed by atoms with E-state index in [1.54, 1.807) is 12.1 Å². The molecule has 0 radical (unpaired) electrons. The molecule has 0 saturated heterocycles. The van der Waals surface area contributed by atoms with Gasteiger partial charge in [-0.2, -0.15) is 5.10 Å². The lowest BCUT2D eigenvalue weighted by Gasteiger charge is -2.13. The third-order valence-electron chi connectivity index (χ3n) is 5.29. The Morgan fingerprint density at radius 3 is 2.35 bits per heavy atom. The van der Waals surface area contributed by atoms with Gasteiger partial charge in [0.05, 0.1) is 12.1 Å². The van der Waals surface area contributed by atoms with Crippen LogP contribution >= 0.6 is 0 Å². The van der Waals surface area contributed by atoms with Gasteiger partial charge in [0.1, 0.15) is 0 Å². The lowest BCUT2D eigenvalue weighted by molar-refractivity contribution is -0.115. The zero-order valence-electron chi connectivity index (χ0n) is 18.8. The number of hydrogen-bond acceptors (Lipinski definition) is 3. The molecular weight excluding hydrogens is 388 g/mol. The minimum atomic E-state index is -0.207. The van der Waals surface area contributed by atoms with E-state index in [9.17, 15) is 9.59 Å². The van der Waals surface area contributed by atoms with E-state index in [4.69, 9.17) is 0 Å². The van der Waals surface area contributed by atoms with Crippen LogP contribution in [-0.2, 0) is 17.8 Å². The van der Waals surface area contributed by atoms with Crippen molar-refractivity contribution >= 4 is 23.2 Å². The molecule has 0 fully saturated rings. The topological polar surface area (TPSA) is 76.0 Å². The lowest BCUT2D eigenvalue weighted by Crippen LogP contribution is -2.18. The Hall–Kier alpha value is -3.41. The zero-order valence-corrected chi connectivity index (χ0v) is 18.8. The maximum atomic E-state index is 12.8. The first-order valence-corrected chi connectivity index (χ1v) is 10.5. The highest BCUT2D eigenvalue weighted by atomic mass is 16.2. The molecule has 0 aliphatic rings. The van der Waals surface area contributed by atoms with Gasteiger partial charge >= 0.3 is 0 Å². The predicted molar refractivity (Wildman–Crippen MR) is 124 cm³/mol. The Labute approximate surface area is 183 Å². The van der Waals surface area contributed by atoms with Gasteiger partial charge in [0, 0.05) is 34.7 Å². The Bertz CT molecular complexity index is 1080. The molecule has 0 unspecified atom stereocenters. The van der Waals surface area contributed by atoms with Crippen LogP contribution in [0, 0.1) is 26.7 Å². The highest BCUT2D eigenvalue weighted by Gasteiger charge is 2.17. The molecule has 2 aromatic carbocycles. The van der Waals surface area contributed by atoms with Gasteiger partial charge in [-0.25, -0.2) is 0 Å². The number of rotatable bonds is 7. The van der Waals surface area contributed by atoms with Crippen LogP contribution in [0.4, 0.5) is 11.4 Å². The summed E-state index contributed by atoms with van der Waals surface area (Å²) in [5, 5.41) is 10.4. The number of para-hydroxylation sites is 1. The van der Waals surface area contributed by atoms with E-state index < -0.39 is 0 Å². The number of hydrogen-bond donors (Lipinski definition) is 2. The maximum Gasteiger partial charge on any atom is 0.256 e. The number of benzene rings is 2. The Balaban J connectivity index is 1.73. The second-order valence-corrected chi connectivity index (χ2v) is 8.25. The largest absolute Gasteiger partial charge is 0.326 e. The minimum Gasteiger partial charge on any atom is -0.326 e. The maximum absolute atomic E-state index is 12.8. The average molecular weight is 419 g/mol. The van der Waals surface area contributed by atoms with Gasteiger partial charge in [-0.3, -0.25) is 14.3 Å². The molecule has 3 aromatic rings. The van der Waals surface area contributed by atoms with Crippen molar-refractivity contribution in [3.8, 4) is 0 Å². The quantitative estimate of drug-likeness (QED) is 0.573. The van der Waals surface area contributed by atoms with E-state index in [1.807, 2.05) is 61.9 Å². The Morgan fingerprint density at radius 1 is 0.968 bits per heavy atom. The molecule has 0 atom stereocenters. The van der Waals surface area contributed by atoms with E-state index in [0.29, 0.717) is 17.2 Å². The van der Waals surface area contributed by atoms with Crippen LogP contribution in [0.5, 0.6) is 0 Å². The number of nitrogens with one attached hydrogen (secondary N) is 2. The second-order valence-electron chi connectivity index (χ2n) is 8.25. The molecule has 1 heterocycles. The average Bonchev–Trinajstić information content (AvgIpc) is 2.97. The Kier molecular flexibility index (Phi) is 6.90. The summed E-state index contributed by atoms with van der Waals surface area (Å²) in [6.45, 7) is 10.9. The molecule has 0 saturated carbocycles. The fourth-order valence-corrected chi connectivity index (χ4v) is 3.61. The Morgan fingerprint density at radius 2 is 1.68 bits per heavy atom. The van der Waals surface area contributed by atoms with Crippen molar-refractivity contribution in [3.05, 3.63) is 76.6 Å². The van der Waals surface area contributed by atoms with Gasteiger partial charge in [0.2, 0.25) is 5.91 Å². The zero-order chi connectivity index (χ0) is 22.5. The summed E-state index contributed by atoms with van der Waals surface area (Å²) in [7, 11) is 0. The molecule has 1 aromatic heterocycles. The summed E-state index contributed by atoms with van der Waals surface area (Å²) in [6.07, 6.45) is 0.246. The molecule has 0 spiro atoms. The molecule has 6 heteroatoms. The van der Waals surface area contributed by atoms with Crippen LogP contribution in [0.25, 0.3) is 0 Å². The summed E-state index contributed by atoms with van der Waals surface area (Å²) in [4.78, 5) is 25.5. The summed E-state index contributed by atoms with van der Waals surface area (Å²) < 4.78 is 1.97. The summed E-state index contributed by atoms with van der Waals surface area (Å²) in [5.41, 5.74) is 5.47. The van der Waals surface area contributed by atoms with E-state index in [-0.39, 0.29) is 18.2 Å². The first-order valence-electron chi connectivity index (χ1n) is 10.5. The first kappa shape index (κ1) is 22.3. The van der Waals surface area contributed by atoms with Crippen LogP contribution in [0.3, 0.4) is 0 Å². The molecular formula is C25H30N4O2. The molecule has 162 valence electrons. The highest BCUT2D eigenvalue weighted by molar-refractivity contribution is 6.06. The lowest BCUT2D eigenvalue weighted by atomic mass is 10.0. The summed E-state index contributed by atoms with van der Waals surface area (Å²) in [6, 6.07) is 14.7. The third-order valence-corrected chi connectivity index (χ3v) is 5.29. The van der Waals surface area contributed by atoms with Gasteiger partial charge in [0.15, 0.2) is 0 Å². The molecule has 2 amide bonds. The fourth-order valence-electron chi connectivity index (χ4n) is 3.61. The van der Waals surface area contributed by atoms with Crippen molar-refractivity contribution in [1.29, 1.82) is 0 Å². The molecule has 2 N–H and O–H groups in total. The van der Waals surface area contributed by atoms with Crippen molar-refractivity contribution in [2.24, 2.45) is 5.92 Å². The van der Waals surface area contributed by atoms with Gasteiger partial charge in [0.25, 0.3) is 5.91 Å². The number of amides is 2. The first-order chi connectivity index (χ1) is 14.8. The number of carbonyl (C=O) groups excluding carboxylic acids is 2. The van der Waals surface area contributed by atoms with Crippen LogP contribution in [0.1, 0.15) is 46.7 Å². The molecule has 0 aliphatic heterocycles. The van der Waals surface area contributed by atoms with Gasteiger partial charge in [-0.05, 0) is 56.5 Å². The monoisotopic (exact) mass is 418 g/mol. The van der Waals surface area contributed by atoms with E-state index in [0.717, 1.165) is 34.7 Å². The number of anilines is 2. The van der Waals surface area contributed by atoms with Crippen LogP contribution in [-0.4, -0.2) is 21.6 Å². The molecule has 6 nitrogen and oxygen atoms in total. The molecule has 0 aliphatic carbocycles. The second kappa shape index (κ2) is 9.60. The van der Waals surface area contributed by atoms with Crippen molar-refractivity contribution in [3.63, 3.8) is 0 Å². The van der Waals surface area contributed by atoms with Crippen LogP contribution in [0.2, 0.25) is 0 Å². The third kappa shape index (κ3) is 5.40.